The first kappa shape index (κ1) is 19.1. The molecule has 0 saturated heterocycles. The summed E-state index contributed by atoms with van der Waals surface area (Å²) in [6.07, 6.45) is 4.24. The van der Waals surface area contributed by atoms with Crippen LogP contribution < -0.4 is 0 Å². The lowest BCUT2D eigenvalue weighted by molar-refractivity contribution is 0.0340. The summed E-state index contributed by atoms with van der Waals surface area (Å²) in [5, 5.41) is 28.9. The predicted octanol–water partition coefficient (Wildman–Crippen LogP) is 2.17. The van der Waals surface area contributed by atoms with E-state index in [-0.39, 0.29) is 12.7 Å². The quantitative estimate of drug-likeness (QED) is 0.518. The highest BCUT2D eigenvalue weighted by atomic mass is 16.3. The van der Waals surface area contributed by atoms with Gasteiger partial charge in [-0.2, -0.15) is 0 Å². The van der Waals surface area contributed by atoms with Crippen LogP contribution in [0.5, 0.6) is 0 Å². The molecule has 1 rings (SSSR count). The summed E-state index contributed by atoms with van der Waals surface area (Å²) in [5.74, 6) is 0. The second kappa shape index (κ2) is 11.6. The molecular weight excluding hydrogens is 278 g/mol. The van der Waals surface area contributed by atoms with Crippen molar-refractivity contribution in [1.82, 2.24) is 4.90 Å². The summed E-state index contributed by atoms with van der Waals surface area (Å²) in [6, 6.07) is 10.0. The number of aliphatic hydroxyl groups is 3. The van der Waals surface area contributed by atoms with E-state index in [1.807, 2.05) is 35.2 Å². The SMILES string of the molecule is CCCCCCC(O)CN(Cc1ccccc1)CC(O)CO. The van der Waals surface area contributed by atoms with Crippen LogP contribution in [0.1, 0.15) is 44.6 Å². The molecule has 126 valence electrons. The summed E-state index contributed by atoms with van der Waals surface area (Å²) >= 11 is 0. The molecule has 0 fully saturated rings. The standard InChI is InChI=1S/C18H31NO3/c1-2-3-4-8-11-17(21)13-19(14-18(22)15-20)12-16-9-6-5-7-10-16/h5-7,9-10,17-18,20-22H,2-4,8,11-15H2,1H3. The van der Waals surface area contributed by atoms with Gasteiger partial charge in [-0.25, -0.2) is 0 Å². The van der Waals surface area contributed by atoms with Gasteiger partial charge in [-0.15, -0.1) is 0 Å². The van der Waals surface area contributed by atoms with Gasteiger partial charge < -0.3 is 15.3 Å². The molecule has 0 bridgehead atoms. The molecule has 0 aliphatic heterocycles. The lowest BCUT2D eigenvalue weighted by Gasteiger charge is -2.27. The molecule has 0 saturated carbocycles. The van der Waals surface area contributed by atoms with E-state index in [2.05, 4.69) is 6.92 Å². The molecule has 0 aliphatic rings. The van der Waals surface area contributed by atoms with Crippen LogP contribution in [0, 0.1) is 0 Å². The highest BCUT2D eigenvalue weighted by Crippen LogP contribution is 2.10. The van der Waals surface area contributed by atoms with Crippen molar-refractivity contribution in [2.45, 2.75) is 57.8 Å². The van der Waals surface area contributed by atoms with Crippen LogP contribution in [-0.2, 0) is 6.54 Å². The van der Waals surface area contributed by atoms with E-state index in [4.69, 9.17) is 5.11 Å². The van der Waals surface area contributed by atoms with Crippen LogP contribution in [0.15, 0.2) is 30.3 Å². The summed E-state index contributed by atoms with van der Waals surface area (Å²) in [4.78, 5) is 2.01. The van der Waals surface area contributed by atoms with Crippen molar-refractivity contribution in [1.29, 1.82) is 0 Å². The average Bonchev–Trinajstić information content (AvgIpc) is 2.52. The van der Waals surface area contributed by atoms with Gasteiger partial charge in [-0.05, 0) is 12.0 Å². The van der Waals surface area contributed by atoms with Crippen molar-refractivity contribution in [3.63, 3.8) is 0 Å². The number of aliphatic hydroxyl groups excluding tert-OH is 3. The van der Waals surface area contributed by atoms with Crippen molar-refractivity contribution in [3.8, 4) is 0 Å². The van der Waals surface area contributed by atoms with Gasteiger partial charge in [-0.1, -0.05) is 62.9 Å². The van der Waals surface area contributed by atoms with Gasteiger partial charge in [0.2, 0.25) is 0 Å². The van der Waals surface area contributed by atoms with E-state index in [1.54, 1.807) is 0 Å². The minimum absolute atomic E-state index is 0.252. The Bertz CT molecular complexity index is 372. The van der Waals surface area contributed by atoms with Crippen molar-refractivity contribution >= 4 is 0 Å². The van der Waals surface area contributed by atoms with E-state index in [0.29, 0.717) is 19.6 Å². The minimum atomic E-state index is -0.768. The minimum Gasteiger partial charge on any atom is -0.394 e. The first-order valence-electron chi connectivity index (χ1n) is 8.39. The summed E-state index contributed by atoms with van der Waals surface area (Å²) in [6.45, 7) is 3.49. The van der Waals surface area contributed by atoms with Crippen LogP contribution in [-0.4, -0.2) is 52.1 Å². The van der Waals surface area contributed by atoms with E-state index < -0.39 is 6.10 Å². The van der Waals surface area contributed by atoms with Gasteiger partial charge in [-0.3, -0.25) is 4.90 Å². The van der Waals surface area contributed by atoms with Crippen molar-refractivity contribution < 1.29 is 15.3 Å². The van der Waals surface area contributed by atoms with Crippen LogP contribution >= 0.6 is 0 Å². The second-order valence-electron chi connectivity index (χ2n) is 6.02. The molecule has 1 aromatic carbocycles. The number of hydrogen-bond acceptors (Lipinski definition) is 4. The molecule has 0 amide bonds. The van der Waals surface area contributed by atoms with Crippen molar-refractivity contribution in [2.24, 2.45) is 0 Å². The monoisotopic (exact) mass is 309 g/mol. The summed E-state index contributed by atoms with van der Waals surface area (Å²) in [5.41, 5.74) is 1.14. The highest BCUT2D eigenvalue weighted by Gasteiger charge is 2.15. The maximum atomic E-state index is 10.2. The average molecular weight is 309 g/mol. The molecule has 3 N–H and O–H groups in total. The first-order valence-corrected chi connectivity index (χ1v) is 8.39. The maximum Gasteiger partial charge on any atom is 0.0897 e. The van der Waals surface area contributed by atoms with E-state index in [1.165, 1.54) is 12.8 Å². The van der Waals surface area contributed by atoms with Gasteiger partial charge in [0.1, 0.15) is 0 Å². The number of rotatable bonds is 12. The Morgan fingerprint density at radius 2 is 1.64 bits per heavy atom. The zero-order chi connectivity index (χ0) is 16.2. The molecule has 0 aliphatic carbocycles. The molecule has 4 nitrogen and oxygen atoms in total. The number of unbranched alkanes of at least 4 members (excludes halogenated alkanes) is 3. The van der Waals surface area contributed by atoms with Crippen molar-refractivity contribution in [2.75, 3.05) is 19.7 Å². The van der Waals surface area contributed by atoms with Crippen LogP contribution in [0.2, 0.25) is 0 Å². The Labute approximate surface area is 134 Å². The number of benzene rings is 1. The van der Waals surface area contributed by atoms with Gasteiger partial charge in [0.25, 0.3) is 0 Å². The van der Waals surface area contributed by atoms with Gasteiger partial charge in [0.15, 0.2) is 0 Å². The van der Waals surface area contributed by atoms with Gasteiger partial charge >= 0.3 is 0 Å². The summed E-state index contributed by atoms with van der Waals surface area (Å²) in [7, 11) is 0. The largest absolute Gasteiger partial charge is 0.394 e. The van der Waals surface area contributed by atoms with Crippen LogP contribution in [0.25, 0.3) is 0 Å². The molecule has 2 atom stereocenters. The zero-order valence-corrected chi connectivity index (χ0v) is 13.7. The Hall–Kier alpha value is -0.940. The predicted molar refractivity (Wildman–Crippen MR) is 89.6 cm³/mol. The number of hydrogen-bond donors (Lipinski definition) is 3. The van der Waals surface area contributed by atoms with Crippen molar-refractivity contribution in [3.05, 3.63) is 35.9 Å². The molecule has 1 aromatic rings. The third kappa shape index (κ3) is 8.49. The Balaban J connectivity index is 2.46. The highest BCUT2D eigenvalue weighted by molar-refractivity contribution is 5.14. The fourth-order valence-corrected chi connectivity index (χ4v) is 2.60. The smallest absolute Gasteiger partial charge is 0.0897 e. The third-order valence-corrected chi connectivity index (χ3v) is 3.79. The molecule has 0 radical (unpaired) electrons. The molecule has 2 unspecified atom stereocenters. The van der Waals surface area contributed by atoms with Gasteiger partial charge in [0.05, 0.1) is 18.8 Å². The topological polar surface area (TPSA) is 63.9 Å². The molecule has 4 heteroatoms. The fraction of sp³-hybridized carbons (Fsp3) is 0.667. The van der Waals surface area contributed by atoms with E-state index >= 15 is 0 Å². The van der Waals surface area contributed by atoms with E-state index in [0.717, 1.165) is 24.8 Å². The molecule has 0 aromatic heterocycles. The van der Waals surface area contributed by atoms with Crippen LogP contribution in [0.3, 0.4) is 0 Å². The lowest BCUT2D eigenvalue weighted by Crippen LogP contribution is -2.38. The molecule has 22 heavy (non-hydrogen) atoms. The van der Waals surface area contributed by atoms with Gasteiger partial charge in [0, 0.05) is 19.6 Å². The molecular formula is C18H31NO3. The normalized spacial score (nSPS) is 14.2. The Morgan fingerprint density at radius 1 is 0.955 bits per heavy atom. The number of nitrogens with zero attached hydrogens (tertiary/aromatic N) is 1. The zero-order valence-electron chi connectivity index (χ0n) is 13.7. The Morgan fingerprint density at radius 3 is 2.27 bits per heavy atom. The lowest BCUT2D eigenvalue weighted by atomic mass is 10.1. The summed E-state index contributed by atoms with van der Waals surface area (Å²) < 4.78 is 0. The molecule has 0 spiro atoms. The Kier molecular flexibility index (Phi) is 10.1. The van der Waals surface area contributed by atoms with E-state index in [9.17, 15) is 10.2 Å². The molecule has 0 heterocycles. The fourth-order valence-electron chi connectivity index (χ4n) is 2.60. The second-order valence-corrected chi connectivity index (χ2v) is 6.02. The first-order chi connectivity index (χ1) is 10.7. The maximum absolute atomic E-state index is 10.2. The third-order valence-electron chi connectivity index (χ3n) is 3.79. The van der Waals surface area contributed by atoms with Crippen LogP contribution in [0.4, 0.5) is 0 Å².